The number of hydrogen-bond acceptors (Lipinski definition) is 5. The summed E-state index contributed by atoms with van der Waals surface area (Å²) in [4.78, 5) is 19.5. The van der Waals surface area contributed by atoms with Crippen molar-refractivity contribution in [2.24, 2.45) is 5.73 Å². The quantitative estimate of drug-likeness (QED) is 0.609. The van der Waals surface area contributed by atoms with Crippen LogP contribution in [0.2, 0.25) is 0 Å². The van der Waals surface area contributed by atoms with Crippen LogP contribution in [0.5, 0.6) is 0 Å². The molecule has 6 nitrogen and oxygen atoms in total. The predicted molar refractivity (Wildman–Crippen MR) is 49.8 cm³/mol. The molecule has 0 saturated carbocycles. The normalized spacial score (nSPS) is 10.9. The minimum Gasteiger partial charge on any atom is -0.481 e. The lowest BCUT2D eigenvalue weighted by atomic mass is 10.2. The Labute approximate surface area is 83.0 Å². The van der Waals surface area contributed by atoms with Gasteiger partial charge in [0, 0.05) is 20.1 Å². The number of aliphatic carboxylic acids is 1. The second-order valence-electron chi connectivity index (χ2n) is 2.51. The highest BCUT2D eigenvalue weighted by Crippen LogP contribution is 1.90. The summed E-state index contributed by atoms with van der Waals surface area (Å²) < 4.78 is 9.11. The smallest absolute Gasteiger partial charge is 0.307 e. The lowest BCUT2D eigenvalue weighted by Crippen LogP contribution is -2.28. The monoisotopic (exact) mass is 207 g/mol. The van der Waals surface area contributed by atoms with Crippen molar-refractivity contribution in [2.45, 2.75) is 19.4 Å². The molecule has 0 aliphatic carbocycles. The van der Waals surface area contributed by atoms with E-state index in [0.29, 0.717) is 6.61 Å². The zero-order chi connectivity index (χ0) is 11.6. The van der Waals surface area contributed by atoms with Gasteiger partial charge in [0.1, 0.15) is 0 Å². The highest BCUT2D eigenvalue weighted by Gasteiger charge is 2.07. The van der Waals surface area contributed by atoms with Crippen molar-refractivity contribution >= 4 is 11.9 Å². The number of carboxylic acids is 1. The van der Waals surface area contributed by atoms with Crippen LogP contribution in [0, 0.1) is 0 Å². The number of carbonyl (C=O) groups is 2. The number of ether oxygens (including phenoxy) is 2. The first-order valence-corrected chi connectivity index (χ1v) is 3.94. The third kappa shape index (κ3) is 17.1. The SMILES string of the molecule is CC(=O)O.COC[C@@H](N)CC(=O)OC. The summed E-state index contributed by atoms with van der Waals surface area (Å²) in [7, 11) is 2.87. The first-order chi connectivity index (χ1) is 6.43. The van der Waals surface area contributed by atoms with Gasteiger partial charge in [0.2, 0.25) is 0 Å². The van der Waals surface area contributed by atoms with Crippen LogP contribution >= 0.6 is 0 Å². The maximum absolute atomic E-state index is 10.5. The van der Waals surface area contributed by atoms with Crippen molar-refractivity contribution in [2.75, 3.05) is 20.8 Å². The maximum atomic E-state index is 10.5. The molecule has 0 rings (SSSR count). The van der Waals surface area contributed by atoms with Crippen LogP contribution in [-0.2, 0) is 19.1 Å². The van der Waals surface area contributed by atoms with Crippen molar-refractivity contribution < 1.29 is 24.2 Å². The summed E-state index contributed by atoms with van der Waals surface area (Å²) in [6, 6.07) is -0.252. The Morgan fingerprint density at radius 3 is 2.14 bits per heavy atom. The molecule has 0 fully saturated rings. The second-order valence-corrected chi connectivity index (χ2v) is 2.51. The highest BCUT2D eigenvalue weighted by atomic mass is 16.5. The van der Waals surface area contributed by atoms with Gasteiger partial charge in [-0.3, -0.25) is 9.59 Å². The van der Waals surface area contributed by atoms with Crippen LogP contribution in [0.1, 0.15) is 13.3 Å². The Bertz CT molecular complexity index is 167. The summed E-state index contributed by atoms with van der Waals surface area (Å²) in [6.07, 6.45) is 0.213. The van der Waals surface area contributed by atoms with Gasteiger partial charge in [-0.05, 0) is 0 Å². The van der Waals surface area contributed by atoms with Gasteiger partial charge in [-0.2, -0.15) is 0 Å². The van der Waals surface area contributed by atoms with Gasteiger partial charge in [0.25, 0.3) is 5.97 Å². The number of nitrogens with two attached hydrogens (primary N) is 1. The largest absolute Gasteiger partial charge is 0.481 e. The van der Waals surface area contributed by atoms with Gasteiger partial charge in [0.05, 0.1) is 20.1 Å². The Balaban J connectivity index is 0. The fourth-order valence-electron chi connectivity index (χ4n) is 0.570. The van der Waals surface area contributed by atoms with Crippen LogP contribution in [0.15, 0.2) is 0 Å². The molecule has 0 heterocycles. The number of methoxy groups -OCH3 is 2. The van der Waals surface area contributed by atoms with Gasteiger partial charge in [-0.25, -0.2) is 0 Å². The summed E-state index contributed by atoms with van der Waals surface area (Å²) in [5.74, 6) is -1.13. The summed E-state index contributed by atoms with van der Waals surface area (Å²) >= 11 is 0. The molecule has 0 radical (unpaired) electrons. The van der Waals surface area contributed by atoms with Crippen molar-refractivity contribution in [3.8, 4) is 0 Å². The fraction of sp³-hybridized carbons (Fsp3) is 0.750. The Hall–Kier alpha value is -1.14. The molecule has 0 aromatic carbocycles. The average Bonchev–Trinajstić information content (AvgIpc) is 2.03. The van der Waals surface area contributed by atoms with E-state index >= 15 is 0 Å². The lowest BCUT2D eigenvalue weighted by molar-refractivity contribution is -0.141. The molecule has 3 N–H and O–H groups in total. The second kappa shape index (κ2) is 9.94. The van der Waals surface area contributed by atoms with E-state index in [-0.39, 0.29) is 18.4 Å². The van der Waals surface area contributed by atoms with Crippen molar-refractivity contribution in [3.63, 3.8) is 0 Å². The van der Waals surface area contributed by atoms with E-state index in [1.807, 2.05) is 0 Å². The van der Waals surface area contributed by atoms with Crippen molar-refractivity contribution in [1.29, 1.82) is 0 Å². The number of hydrogen-bond donors (Lipinski definition) is 2. The molecule has 0 aliphatic rings. The molecular formula is C8H17NO5. The minimum atomic E-state index is -0.833. The first kappa shape index (κ1) is 15.3. The van der Waals surface area contributed by atoms with E-state index in [1.165, 1.54) is 14.2 Å². The van der Waals surface area contributed by atoms with E-state index in [2.05, 4.69) is 4.74 Å². The topological polar surface area (TPSA) is 98.9 Å². The van der Waals surface area contributed by atoms with Crippen LogP contribution < -0.4 is 5.73 Å². The first-order valence-electron chi connectivity index (χ1n) is 3.94. The molecule has 0 spiro atoms. The van der Waals surface area contributed by atoms with Gasteiger partial charge < -0.3 is 20.3 Å². The van der Waals surface area contributed by atoms with Crippen LogP contribution in [0.4, 0.5) is 0 Å². The molecule has 0 saturated heterocycles. The van der Waals surface area contributed by atoms with E-state index in [0.717, 1.165) is 6.92 Å². The van der Waals surface area contributed by atoms with Crippen LogP contribution in [-0.4, -0.2) is 43.9 Å². The molecule has 0 aromatic rings. The van der Waals surface area contributed by atoms with Crippen molar-refractivity contribution in [1.82, 2.24) is 0 Å². The Morgan fingerprint density at radius 1 is 1.43 bits per heavy atom. The van der Waals surface area contributed by atoms with E-state index in [1.54, 1.807) is 0 Å². The molecule has 0 aliphatic heterocycles. The Morgan fingerprint density at radius 2 is 1.86 bits per heavy atom. The van der Waals surface area contributed by atoms with Crippen LogP contribution in [0.25, 0.3) is 0 Å². The van der Waals surface area contributed by atoms with Crippen LogP contribution in [0.3, 0.4) is 0 Å². The number of rotatable bonds is 4. The molecule has 84 valence electrons. The number of carboxylic acid groups (broad SMARTS) is 1. The number of carbonyl (C=O) groups excluding carboxylic acids is 1. The lowest BCUT2D eigenvalue weighted by Gasteiger charge is -2.07. The van der Waals surface area contributed by atoms with Gasteiger partial charge in [0.15, 0.2) is 0 Å². The molecule has 6 heteroatoms. The molecule has 0 bridgehead atoms. The van der Waals surface area contributed by atoms with E-state index in [4.69, 9.17) is 20.4 Å². The van der Waals surface area contributed by atoms with Gasteiger partial charge in [-0.15, -0.1) is 0 Å². The van der Waals surface area contributed by atoms with Gasteiger partial charge >= 0.3 is 5.97 Å². The summed E-state index contributed by atoms with van der Waals surface area (Å²) in [5, 5.41) is 7.42. The number of esters is 1. The predicted octanol–water partition coefficient (Wildman–Crippen LogP) is -0.386. The molecular weight excluding hydrogens is 190 g/mol. The van der Waals surface area contributed by atoms with Crippen molar-refractivity contribution in [3.05, 3.63) is 0 Å². The fourth-order valence-corrected chi connectivity index (χ4v) is 0.570. The average molecular weight is 207 g/mol. The standard InChI is InChI=1S/C6H13NO3.C2H4O2/c1-9-4-5(7)3-6(8)10-2;1-2(3)4/h5H,3-4,7H2,1-2H3;1H3,(H,3,4)/t5-;/m0./s1. The summed E-state index contributed by atoms with van der Waals surface area (Å²) in [6.45, 7) is 1.47. The molecule has 0 aromatic heterocycles. The third-order valence-electron chi connectivity index (χ3n) is 1.04. The molecule has 0 amide bonds. The molecule has 14 heavy (non-hydrogen) atoms. The third-order valence-corrected chi connectivity index (χ3v) is 1.04. The minimum absolute atomic E-state index is 0.213. The van der Waals surface area contributed by atoms with E-state index in [9.17, 15) is 4.79 Å². The zero-order valence-electron chi connectivity index (χ0n) is 8.65. The maximum Gasteiger partial charge on any atom is 0.307 e. The Kier molecular flexibility index (Phi) is 10.9. The van der Waals surface area contributed by atoms with Gasteiger partial charge in [-0.1, -0.05) is 0 Å². The van der Waals surface area contributed by atoms with E-state index < -0.39 is 5.97 Å². The highest BCUT2D eigenvalue weighted by molar-refractivity contribution is 5.69. The molecule has 0 unspecified atom stereocenters. The molecule has 1 atom stereocenters. The zero-order valence-corrected chi connectivity index (χ0v) is 8.65. The summed E-state index contributed by atoms with van der Waals surface area (Å²) in [5.41, 5.74) is 5.43.